The Morgan fingerprint density at radius 1 is 1.32 bits per heavy atom. The van der Waals surface area contributed by atoms with Crippen molar-refractivity contribution in [1.82, 2.24) is 5.32 Å². The van der Waals surface area contributed by atoms with E-state index < -0.39 is 15.9 Å². The summed E-state index contributed by atoms with van der Waals surface area (Å²) < 4.78 is 23.2. The highest BCUT2D eigenvalue weighted by atomic mass is 79.9. The van der Waals surface area contributed by atoms with Gasteiger partial charge >= 0.3 is 0 Å². The van der Waals surface area contributed by atoms with Crippen LogP contribution < -0.4 is 11.1 Å². The first-order valence-electron chi connectivity index (χ1n) is 6.98. The predicted molar refractivity (Wildman–Crippen MR) is 92.5 cm³/mol. The van der Waals surface area contributed by atoms with Gasteiger partial charge in [-0.3, -0.25) is 4.79 Å². The molecule has 0 saturated heterocycles. The number of benzene rings is 1. The van der Waals surface area contributed by atoms with Crippen LogP contribution in [0.1, 0.15) is 25.8 Å². The number of rotatable bonds is 7. The molecule has 0 aromatic heterocycles. The van der Waals surface area contributed by atoms with Crippen LogP contribution in [-0.4, -0.2) is 38.9 Å². The lowest BCUT2D eigenvalue weighted by Crippen LogP contribution is -2.45. The number of hydrogen-bond acceptors (Lipinski definition) is 4. The first-order valence-corrected chi connectivity index (χ1v) is 9.84. The molecule has 0 aliphatic heterocycles. The van der Waals surface area contributed by atoms with Crippen LogP contribution >= 0.6 is 15.9 Å². The average Bonchev–Trinajstić information content (AvgIpc) is 2.42. The molecule has 1 atom stereocenters. The summed E-state index contributed by atoms with van der Waals surface area (Å²) in [4.78, 5) is 12.0. The van der Waals surface area contributed by atoms with Gasteiger partial charge in [-0.15, -0.1) is 0 Å². The molecule has 0 aliphatic rings. The number of carbonyl (C=O) groups excluding carboxylic acids is 1. The molecule has 1 aromatic rings. The minimum absolute atomic E-state index is 0.0856. The number of nitrogens with one attached hydrogen (secondary N) is 1. The summed E-state index contributed by atoms with van der Waals surface area (Å²) in [6.07, 6.45) is 1.26. The first kappa shape index (κ1) is 19.1. The predicted octanol–water partition coefficient (Wildman–Crippen LogP) is 1.60. The fraction of sp³-hybridized carbons (Fsp3) is 0.533. The third-order valence-corrected chi connectivity index (χ3v) is 4.97. The zero-order valence-electron chi connectivity index (χ0n) is 13.1. The number of hydrogen-bond donors (Lipinski definition) is 2. The molecule has 1 unspecified atom stereocenters. The number of halogens is 1. The Bertz CT molecular complexity index is 612. The number of carbonyl (C=O) groups is 1. The van der Waals surface area contributed by atoms with Gasteiger partial charge in [-0.05, 0) is 24.1 Å². The zero-order valence-corrected chi connectivity index (χ0v) is 15.5. The van der Waals surface area contributed by atoms with Crippen LogP contribution in [0.5, 0.6) is 0 Å². The Balaban J connectivity index is 2.56. The molecule has 0 aliphatic carbocycles. The minimum Gasteiger partial charge on any atom is -0.354 e. The molecule has 5 nitrogen and oxygen atoms in total. The van der Waals surface area contributed by atoms with Crippen LogP contribution in [0.3, 0.4) is 0 Å². The van der Waals surface area contributed by atoms with Crippen molar-refractivity contribution < 1.29 is 13.2 Å². The summed E-state index contributed by atoms with van der Waals surface area (Å²) in [5.74, 6) is -0.411. The lowest BCUT2D eigenvalue weighted by Gasteiger charge is -2.26. The van der Waals surface area contributed by atoms with Crippen molar-refractivity contribution in [2.45, 2.75) is 31.7 Å². The molecule has 0 saturated carbocycles. The largest absolute Gasteiger partial charge is 0.354 e. The first-order chi connectivity index (χ1) is 10.0. The van der Waals surface area contributed by atoms with Crippen molar-refractivity contribution in [2.24, 2.45) is 5.73 Å². The SMILES string of the molecule is CC(C)(CNC(=O)C(N)CCS(C)(=O)=O)c1ccc(Br)cc1. The molecule has 1 rings (SSSR count). The van der Waals surface area contributed by atoms with Crippen molar-refractivity contribution in [3.05, 3.63) is 34.3 Å². The summed E-state index contributed by atoms with van der Waals surface area (Å²) in [7, 11) is -3.11. The maximum Gasteiger partial charge on any atom is 0.236 e. The Hall–Kier alpha value is -0.920. The molecule has 0 spiro atoms. The van der Waals surface area contributed by atoms with E-state index in [0.29, 0.717) is 6.54 Å². The molecule has 1 aromatic carbocycles. The third kappa shape index (κ3) is 6.46. The van der Waals surface area contributed by atoms with Crippen LogP contribution in [0.2, 0.25) is 0 Å². The molecule has 0 radical (unpaired) electrons. The van der Waals surface area contributed by atoms with E-state index in [9.17, 15) is 13.2 Å². The lowest BCUT2D eigenvalue weighted by molar-refractivity contribution is -0.122. The topological polar surface area (TPSA) is 89.3 Å². The van der Waals surface area contributed by atoms with Crippen molar-refractivity contribution in [1.29, 1.82) is 0 Å². The Kier molecular flexibility index (Phi) is 6.58. The molecule has 0 heterocycles. The number of amides is 1. The van der Waals surface area contributed by atoms with Gasteiger partial charge in [-0.2, -0.15) is 0 Å². The third-order valence-electron chi connectivity index (χ3n) is 3.47. The second-order valence-corrected chi connectivity index (χ2v) is 9.31. The van der Waals surface area contributed by atoms with E-state index in [2.05, 4.69) is 21.2 Å². The van der Waals surface area contributed by atoms with Crippen LogP contribution in [0, 0.1) is 0 Å². The van der Waals surface area contributed by atoms with Crippen molar-refractivity contribution in [3.63, 3.8) is 0 Å². The van der Waals surface area contributed by atoms with Crippen molar-refractivity contribution >= 4 is 31.7 Å². The van der Waals surface area contributed by atoms with Crippen LogP contribution in [0.25, 0.3) is 0 Å². The Morgan fingerprint density at radius 2 is 1.86 bits per heavy atom. The highest BCUT2D eigenvalue weighted by Gasteiger charge is 2.23. The highest BCUT2D eigenvalue weighted by molar-refractivity contribution is 9.10. The van der Waals surface area contributed by atoms with Gasteiger partial charge in [0.15, 0.2) is 0 Å². The quantitative estimate of drug-likeness (QED) is 0.739. The molecular weight excluding hydrogens is 368 g/mol. The van der Waals surface area contributed by atoms with Crippen LogP contribution in [0.15, 0.2) is 28.7 Å². The Morgan fingerprint density at radius 3 is 2.36 bits per heavy atom. The van der Waals surface area contributed by atoms with Gasteiger partial charge in [0.1, 0.15) is 9.84 Å². The Labute approximate surface area is 140 Å². The monoisotopic (exact) mass is 390 g/mol. The molecule has 1 amide bonds. The normalized spacial score (nSPS) is 13.7. The summed E-state index contributed by atoms with van der Waals surface area (Å²) >= 11 is 3.39. The van der Waals surface area contributed by atoms with Gasteiger partial charge < -0.3 is 11.1 Å². The zero-order chi connectivity index (χ0) is 17.0. The van der Waals surface area contributed by atoms with Gasteiger partial charge in [0.05, 0.1) is 11.8 Å². The molecule has 0 fully saturated rings. The van der Waals surface area contributed by atoms with Crippen LogP contribution in [-0.2, 0) is 20.0 Å². The van der Waals surface area contributed by atoms with E-state index in [0.717, 1.165) is 16.3 Å². The van der Waals surface area contributed by atoms with Gasteiger partial charge in [-0.25, -0.2) is 8.42 Å². The lowest BCUT2D eigenvalue weighted by atomic mass is 9.84. The van der Waals surface area contributed by atoms with E-state index in [1.165, 1.54) is 0 Å². The number of sulfone groups is 1. The molecule has 7 heteroatoms. The molecule has 22 heavy (non-hydrogen) atoms. The van der Waals surface area contributed by atoms with Crippen LogP contribution in [0.4, 0.5) is 0 Å². The number of nitrogens with two attached hydrogens (primary N) is 1. The standard InChI is InChI=1S/C15H23BrN2O3S/c1-15(2,11-4-6-12(16)7-5-11)10-18-14(19)13(17)8-9-22(3,20)21/h4-7,13H,8-10,17H2,1-3H3,(H,18,19). The van der Waals surface area contributed by atoms with E-state index >= 15 is 0 Å². The minimum atomic E-state index is -3.11. The van der Waals surface area contributed by atoms with Gasteiger partial charge in [0.2, 0.25) is 5.91 Å². The van der Waals surface area contributed by atoms with Gasteiger partial charge in [0.25, 0.3) is 0 Å². The second kappa shape index (κ2) is 7.57. The van der Waals surface area contributed by atoms with Crippen molar-refractivity contribution in [3.8, 4) is 0 Å². The fourth-order valence-corrected chi connectivity index (χ4v) is 2.86. The smallest absolute Gasteiger partial charge is 0.236 e. The maximum atomic E-state index is 12.0. The molecule has 0 bridgehead atoms. The molecular formula is C15H23BrN2O3S. The summed E-state index contributed by atoms with van der Waals surface area (Å²) in [6.45, 7) is 4.48. The van der Waals surface area contributed by atoms with Gasteiger partial charge in [-0.1, -0.05) is 41.9 Å². The molecule has 3 N–H and O–H groups in total. The van der Waals surface area contributed by atoms with Crippen molar-refractivity contribution in [2.75, 3.05) is 18.6 Å². The summed E-state index contributed by atoms with van der Waals surface area (Å²) in [5.41, 5.74) is 6.58. The summed E-state index contributed by atoms with van der Waals surface area (Å²) in [6, 6.07) is 7.10. The van der Waals surface area contributed by atoms with E-state index in [1.54, 1.807) is 0 Å². The average molecular weight is 391 g/mol. The molecule has 124 valence electrons. The van der Waals surface area contributed by atoms with E-state index in [1.807, 2.05) is 38.1 Å². The highest BCUT2D eigenvalue weighted by Crippen LogP contribution is 2.24. The summed E-state index contributed by atoms with van der Waals surface area (Å²) in [5, 5.41) is 2.80. The van der Waals surface area contributed by atoms with Gasteiger partial charge in [0, 0.05) is 22.7 Å². The second-order valence-electron chi connectivity index (χ2n) is 6.13. The maximum absolute atomic E-state index is 12.0. The van der Waals surface area contributed by atoms with E-state index in [-0.39, 0.29) is 23.5 Å². The fourth-order valence-electron chi connectivity index (χ4n) is 1.91. The van der Waals surface area contributed by atoms with E-state index in [4.69, 9.17) is 5.73 Å².